The molecule has 0 aromatic carbocycles. The number of unbranched alkanes of at least 4 members (excludes halogenated alkanes) is 11. The fourth-order valence-corrected chi connectivity index (χ4v) is 3.28. The van der Waals surface area contributed by atoms with E-state index in [0.717, 1.165) is 44.9 Å². The molecule has 144 valence electrons. The monoisotopic (exact) mass is 400 g/mol. The Balaban J connectivity index is 0. The van der Waals surface area contributed by atoms with Crippen molar-refractivity contribution in [3.8, 4) is 0 Å². The molecule has 1 N–H and O–H groups in total. The van der Waals surface area contributed by atoms with Gasteiger partial charge in [0.25, 0.3) is 0 Å². The van der Waals surface area contributed by atoms with Crippen molar-refractivity contribution in [3.63, 3.8) is 0 Å². The summed E-state index contributed by atoms with van der Waals surface area (Å²) in [4.78, 5) is 0. The maximum absolute atomic E-state index is 10.4. The average Bonchev–Trinajstić information content (AvgIpc) is 2.52. The minimum atomic E-state index is -4.02. The standard InChI is InChI=1S/C19H38O4S.K/c1-2-3-16-19(20)17-14-12-10-8-6-4-5-7-9-11-13-15-18-24(21,22)23;/h14,17,19-20H,2-13,15-16,18H2,1H3,(H,21,22,23);/q;+1/p-1/b17-14-;/t19-;/m1./s1. The predicted molar refractivity (Wildman–Crippen MR) is 100 cm³/mol. The van der Waals surface area contributed by atoms with Crippen LogP contribution in [0.2, 0.25) is 0 Å². The smallest absolute Gasteiger partial charge is 0.748 e. The van der Waals surface area contributed by atoms with Crippen molar-refractivity contribution in [2.45, 2.75) is 103 Å². The maximum Gasteiger partial charge on any atom is 1.00 e. The molecule has 0 unspecified atom stereocenters. The van der Waals surface area contributed by atoms with Crippen LogP contribution >= 0.6 is 0 Å². The van der Waals surface area contributed by atoms with Crippen LogP contribution in [0.1, 0.15) is 96.8 Å². The largest absolute Gasteiger partial charge is 1.00 e. The van der Waals surface area contributed by atoms with E-state index in [1.807, 2.05) is 6.08 Å². The van der Waals surface area contributed by atoms with E-state index >= 15 is 0 Å². The van der Waals surface area contributed by atoms with E-state index in [1.165, 1.54) is 38.5 Å². The summed E-state index contributed by atoms with van der Waals surface area (Å²) >= 11 is 0. The minimum absolute atomic E-state index is 0. The van der Waals surface area contributed by atoms with Gasteiger partial charge >= 0.3 is 51.4 Å². The number of allylic oxidation sites excluding steroid dienone is 1. The maximum atomic E-state index is 10.4. The molecule has 0 amide bonds. The van der Waals surface area contributed by atoms with Gasteiger partial charge in [-0.25, -0.2) is 8.42 Å². The van der Waals surface area contributed by atoms with E-state index in [-0.39, 0.29) is 63.2 Å². The molecule has 0 heterocycles. The van der Waals surface area contributed by atoms with Crippen molar-refractivity contribution in [2.24, 2.45) is 0 Å². The van der Waals surface area contributed by atoms with Gasteiger partial charge in [0.15, 0.2) is 0 Å². The SMILES string of the molecule is CCCC[C@@H](O)/C=C\CCCCCCCCCCCCS(=O)(=O)[O-].[K+]. The van der Waals surface area contributed by atoms with Crippen molar-refractivity contribution >= 4 is 10.1 Å². The third-order valence-electron chi connectivity index (χ3n) is 4.23. The van der Waals surface area contributed by atoms with Crippen LogP contribution in [-0.4, -0.2) is 29.9 Å². The zero-order chi connectivity index (χ0) is 18.1. The summed E-state index contributed by atoms with van der Waals surface area (Å²) in [5.74, 6) is -0.211. The Hall–Kier alpha value is 1.25. The van der Waals surface area contributed by atoms with Crippen molar-refractivity contribution in [3.05, 3.63) is 12.2 Å². The van der Waals surface area contributed by atoms with Crippen LogP contribution in [0.25, 0.3) is 0 Å². The summed E-state index contributed by atoms with van der Waals surface area (Å²) in [7, 11) is -4.02. The quantitative estimate of drug-likeness (QED) is 0.175. The fraction of sp³-hybridized carbons (Fsp3) is 0.895. The van der Waals surface area contributed by atoms with Gasteiger partial charge in [-0.1, -0.05) is 83.3 Å². The normalized spacial score (nSPS) is 13.1. The molecule has 25 heavy (non-hydrogen) atoms. The van der Waals surface area contributed by atoms with Crippen LogP contribution in [0, 0.1) is 0 Å². The predicted octanol–water partition coefficient (Wildman–Crippen LogP) is 1.93. The van der Waals surface area contributed by atoms with Crippen molar-refractivity contribution in [1.82, 2.24) is 0 Å². The topological polar surface area (TPSA) is 77.4 Å². The van der Waals surface area contributed by atoms with Gasteiger partial charge in [0, 0.05) is 5.75 Å². The number of aliphatic hydroxyl groups excluding tert-OH is 1. The van der Waals surface area contributed by atoms with Crippen molar-refractivity contribution < 1.29 is 69.5 Å². The van der Waals surface area contributed by atoms with Gasteiger partial charge in [-0.15, -0.1) is 0 Å². The van der Waals surface area contributed by atoms with Gasteiger partial charge in [0.05, 0.1) is 16.2 Å². The second kappa shape index (κ2) is 20.0. The molecular weight excluding hydrogens is 363 g/mol. The molecule has 0 aromatic rings. The Morgan fingerprint density at radius 3 is 1.84 bits per heavy atom. The van der Waals surface area contributed by atoms with Gasteiger partial charge in [-0.05, 0) is 25.7 Å². The van der Waals surface area contributed by atoms with E-state index in [9.17, 15) is 18.1 Å². The Morgan fingerprint density at radius 1 is 0.880 bits per heavy atom. The first-order valence-electron chi connectivity index (χ1n) is 9.74. The average molecular weight is 401 g/mol. The summed E-state index contributed by atoms with van der Waals surface area (Å²) in [5.41, 5.74) is 0. The molecule has 0 saturated heterocycles. The molecule has 0 radical (unpaired) electrons. The van der Waals surface area contributed by atoms with Crippen LogP contribution < -0.4 is 51.4 Å². The molecule has 0 aromatic heterocycles. The first kappa shape index (κ1) is 28.5. The molecular formula is C19H37KO4S. The van der Waals surface area contributed by atoms with Crippen LogP contribution in [-0.2, 0) is 10.1 Å². The summed E-state index contributed by atoms with van der Waals surface area (Å²) in [6.07, 6.45) is 18.9. The van der Waals surface area contributed by atoms with Crippen LogP contribution in [0.4, 0.5) is 0 Å². The van der Waals surface area contributed by atoms with Gasteiger partial charge in [0.2, 0.25) is 0 Å². The summed E-state index contributed by atoms with van der Waals surface area (Å²) in [6, 6.07) is 0. The zero-order valence-electron chi connectivity index (χ0n) is 16.4. The molecule has 0 spiro atoms. The van der Waals surface area contributed by atoms with Crippen LogP contribution in [0.5, 0.6) is 0 Å². The second-order valence-corrected chi connectivity index (χ2v) is 8.25. The van der Waals surface area contributed by atoms with E-state index < -0.39 is 10.1 Å². The molecule has 0 fully saturated rings. The van der Waals surface area contributed by atoms with Crippen molar-refractivity contribution in [1.29, 1.82) is 0 Å². The van der Waals surface area contributed by atoms with Crippen LogP contribution in [0.3, 0.4) is 0 Å². The number of hydrogen-bond acceptors (Lipinski definition) is 4. The second-order valence-electron chi connectivity index (χ2n) is 6.72. The first-order valence-corrected chi connectivity index (χ1v) is 11.3. The number of aliphatic hydroxyl groups is 1. The number of hydrogen-bond donors (Lipinski definition) is 1. The van der Waals surface area contributed by atoms with Gasteiger partial charge in [-0.3, -0.25) is 0 Å². The van der Waals surface area contributed by atoms with Gasteiger partial charge < -0.3 is 9.66 Å². The molecule has 0 rings (SSSR count). The van der Waals surface area contributed by atoms with E-state index in [4.69, 9.17) is 0 Å². The first-order chi connectivity index (χ1) is 11.5. The summed E-state index contributed by atoms with van der Waals surface area (Å²) in [6.45, 7) is 2.14. The minimum Gasteiger partial charge on any atom is -0.748 e. The number of rotatable bonds is 17. The molecule has 0 saturated carbocycles. The van der Waals surface area contributed by atoms with Gasteiger partial charge in [0.1, 0.15) is 0 Å². The van der Waals surface area contributed by atoms with E-state index in [1.54, 1.807) is 0 Å². The van der Waals surface area contributed by atoms with E-state index in [2.05, 4.69) is 13.0 Å². The third kappa shape index (κ3) is 25.2. The summed E-state index contributed by atoms with van der Waals surface area (Å²) in [5, 5.41) is 9.67. The Bertz CT molecular complexity index is 396. The third-order valence-corrected chi connectivity index (χ3v) is 5.02. The van der Waals surface area contributed by atoms with Crippen molar-refractivity contribution in [2.75, 3.05) is 5.75 Å². The Morgan fingerprint density at radius 2 is 1.36 bits per heavy atom. The summed E-state index contributed by atoms with van der Waals surface area (Å²) < 4.78 is 31.3. The van der Waals surface area contributed by atoms with Gasteiger partial charge in [-0.2, -0.15) is 0 Å². The van der Waals surface area contributed by atoms with E-state index in [0.29, 0.717) is 6.42 Å². The molecule has 0 bridgehead atoms. The Labute approximate surface area is 198 Å². The molecule has 1 atom stereocenters. The molecule has 6 heteroatoms. The zero-order valence-corrected chi connectivity index (χ0v) is 20.4. The molecule has 0 aliphatic rings. The Kier molecular flexibility index (Phi) is 22.8. The molecule has 0 aliphatic heterocycles. The van der Waals surface area contributed by atoms with Crippen LogP contribution in [0.15, 0.2) is 12.2 Å². The molecule has 0 aliphatic carbocycles. The fourth-order valence-electron chi connectivity index (χ4n) is 2.72. The molecule has 4 nitrogen and oxygen atoms in total.